The molecule has 0 radical (unpaired) electrons. The summed E-state index contributed by atoms with van der Waals surface area (Å²) < 4.78 is 2.05. The van der Waals surface area contributed by atoms with Gasteiger partial charge in [0.15, 0.2) is 0 Å². The Bertz CT molecular complexity index is 877. The van der Waals surface area contributed by atoms with Gasteiger partial charge in [-0.15, -0.1) is 0 Å². The van der Waals surface area contributed by atoms with Crippen molar-refractivity contribution >= 4 is 5.82 Å². The smallest absolute Gasteiger partial charge is 0.126 e. The third-order valence-electron chi connectivity index (χ3n) is 4.02. The van der Waals surface area contributed by atoms with Gasteiger partial charge in [0.25, 0.3) is 0 Å². The number of hydrogen-bond donors (Lipinski definition) is 1. The first-order chi connectivity index (χ1) is 11.6. The van der Waals surface area contributed by atoms with Gasteiger partial charge in [0.05, 0.1) is 11.3 Å². The van der Waals surface area contributed by atoms with Crippen LogP contribution in [0.25, 0.3) is 5.69 Å². The van der Waals surface area contributed by atoms with Crippen molar-refractivity contribution in [2.45, 2.75) is 27.3 Å². The number of rotatable bonds is 4. The number of nitrogens with one attached hydrogen (secondary N) is 1. The Morgan fingerprint density at radius 1 is 1.17 bits per heavy atom. The van der Waals surface area contributed by atoms with E-state index in [9.17, 15) is 0 Å². The van der Waals surface area contributed by atoms with Crippen LogP contribution in [0.5, 0.6) is 0 Å². The first-order valence-electron chi connectivity index (χ1n) is 7.80. The van der Waals surface area contributed by atoms with Crippen molar-refractivity contribution in [2.75, 3.05) is 5.32 Å². The second-order valence-corrected chi connectivity index (χ2v) is 5.76. The molecule has 1 aromatic carbocycles. The maximum atomic E-state index is 9.11. The zero-order chi connectivity index (χ0) is 17.1. The Morgan fingerprint density at radius 3 is 2.50 bits per heavy atom. The molecule has 0 amide bonds. The Hall–Kier alpha value is -3.13. The van der Waals surface area contributed by atoms with Gasteiger partial charge in [0, 0.05) is 24.6 Å². The summed E-state index contributed by atoms with van der Waals surface area (Å²) in [4.78, 5) is 8.69. The molecule has 0 bridgehead atoms. The van der Waals surface area contributed by atoms with Crippen molar-refractivity contribution in [1.29, 1.82) is 5.26 Å². The van der Waals surface area contributed by atoms with Gasteiger partial charge in [-0.2, -0.15) is 5.26 Å². The van der Waals surface area contributed by atoms with Crippen LogP contribution in [0.1, 0.15) is 28.2 Å². The van der Waals surface area contributed by atoms with Crippen molar-refractivity contribution in [1.82, 2.24) is 14.5 Å². The van der Waals surface area contributed by atoms with Crippen LogP contribution < -0.4 is 5.32 Å². The lowest BCUT2D eigenvalue weighted by molar-refractivity contribution is 0.971. The largest absolute Gasteiger partial charge is 0.366 e. The number of hydrogen-bond acceptors (Lipinski definition) is 4. The van der Waals surface area contributed by atoms with E-state index in [0.717, 1.165) is 34.2 Å². The van der Waals surface area contributed by atoms with Crippen molar-refractivity contribution in [3.63, 3.8) is 0 Å². The van der Waals surface area contributed by atoms with E-state index in [-0.39, 0.29) is 0 Å². The Balaban J connectivity index is 1.72. The fourth-order valence-electron chi connectivity index (χ4n) is 2.71. The maximum absolute atomic E-state index is 9.11. The lowest BCUT2D eigenvalue weighted by Gasteiger charge is -2.10. The molecule has 24 heavy (non-hydrogen) atoms. The average Bonchev–Trinajstić information content (AvgIpc) is 2.99. The zero-order valence-electron chi connectivity index (χ0n) is 14.0. The lowest BCUT2D eigenvalue weighted by atomic mass is 10.1. The Morgan fingerprint density at radius 2 is 1.92 bits per heavy atom. The summed E-state index contributed by atoms with van der Waals surface area (Å²) >= 11 is 0. The Labute approximate surface area is 141 Å². The highest BCUT2D eigenvalue weighted by atomic mass is 15.1. The van der Waals surface area contributed by atoms with Gasteiger partial charge in [-0.05, 0) is 50.1 Å². The number of pyridine rings is 1. The van der Waals surface area contributed by atoms with Crippen LogP contribution in [-0.4, -0.2) is 14.5 Å². The molecule has 0 fully saturated rings. The molecule has 0 aliphatic carbocycles. The number of anilines is 1. The second-order valence-electron chi connectivity index (χ2n) is 5.76. The van der Waals surface area contributed by atoms with E-state index in [0.29, 0.717) is 12.1 Å². The highest BCUT2D eigenvalue weighted by molar-refractivity contribution is 5.49. The first-order valence-corrected chi connectivity index (χ1v) is 7.80. The molecule has 5 nitrogen and oxygen atoms in total. The number of benzene rings is 1. The number of aromatic nitrogens is 3. The molecule has 3 rings (SSSR count). The lowest BCUT2D eigenvalue weighted by Crippen LogP contribution is -2.04. The molecule has 0 atom stereocenters. The quantitative estimate of drug-likeness (QED) is 0.797. The van der Waals surface area contributed by atoms with Crippen molar-refractivity contribution in [2.24, 2.45) is 0 Å². The summed E-state index contributed by atoms with van der Waals surface area (Å²) in [5, 5.41) is 12.4. The standard InChI is InChI=1S/C19H19N5/c1-13-10-19(23-14(2)18(13)11-20)22-12-16-4-6-17(7-5-16)24-9-8-21-15(24)3/h4-10H,12H2,1-3H3,(H,22,23). The summed E-state index contributed by atoms with van der Waals surface area (Å²) in [5.41, 5.74) is 4.61. The number of imidazole rings is 1. The van der Waals surface area contributed by atoms with Crippen molar-refractivity contribution < 1.29 is 0 Å². The van der Waals surface area contributed by atoms with E-state index >= 15 is 0 Å². The Kier molecular flexibility index (Phi) is 4.30. The predicted octanol–water partition coefficient (Wildman–Crippen LogP) is 3.68. The molecular formula is C19H19N5. The molecule has 0 saturated carbocycles. The third-order valence-corrected chi connectivity index (χ3v) is 4.02. The molecule has 0 spiro atoms. The minimum Gasteiger partial charge on any atom is -0.366 e. The molecule has 0 aliphatic heterocycles. The third kappa shape index (κ3) is 3.13. The number of nitrogens with zero attached hydrogens (tertiary/aromatic N) is 4. The summed E-state index contributed by atoms with van der Waals surface area (Å²) in [6.45, 7) is 6.46. The molecule has 0 saturated heterocycles. The van der Waals surface area contributed by atoms with Gasteiger partial charge in [-0.3, -0.25) is 0 Å². The summed E-state index contributed by atoms with van der Waals surface area (Å²) in [6, 6.07) is 12.4. The molecule has 0 aliphatic rings. The van der Waals surface area contributed by atoms with Gasteiger partial charge < -0.3 is 9.88 Å². The highest BCUT2D eigenvalue weighted by Crippen LogP contribution is 2.17. The van der Waals surface area contributed by atoms with Crippen molar-refractivity contribution in [3.05, 3.63) is 70.9 Å². The van der Waals surface area contributed by atoms with Gasteiger partial charge in [-0.1, -0.05) is 12.1 Å². The van der Waals surface area contributed by atoms with Gasteiger partial charge in [0.1, 0.15) is 17.7 Å². The van der Waals surface area contributed by atoms with Crippen LogP contribution in [0, 0.1) is 32.1 Å². The van der Waals surface area contributed by atoms with E-state index in [4.69, 9.17) is 5.26 Å². The summed E-state index contributed by atoms with van der Waals surface area (Å²) in [7, 11) is 0. The van der Waals surface area contributed by atoms with Crippen LogP contribution in [0.4, 0.5) is 5.82 Å². The van der Waals surface area contributed by atoms with E-state index in [2.05, 4.69) is 45.6 Å². The number of nitriles is 1. The SMILES string of the molecule is Cc1cc(NCc2ccc(-n3ccnc3C)cc2)nc(C)c1C#N. The summed E-state index contributed by atoms with van der Waals surface area (Å²) in [5.74, 6) is 1.76. The fraction of sp³-hybridized carbons (Fsp3) is 0.211. The maximum Gasteiger partial charge on any atom is 0.126 e. The zero-order valence-corrected chi connectivity index (χ0v) is 14.0. The highest BCUT2D eigenvalue weighted by Gasteiger charge is 2.06. The van der Waals surface area contributed by atoms with Gasteiger partial charge in [-0.25, -0.2) is 9.97 Å². The normalized spacial score (nSPS) is 10.4. The molecule has 2 heterocycles. The molecule has 3 aromatic rings. The monoisotopic (exact) mass is 317 g/mol. The molecule has 120 valence electrons. The second kappa shape index (κ2) is 6.55. The molecular weight excluding hydrogens is 298 g/mol. The van der Waals surface area contributed by atoms with E-state index in [1.165, 1.54) is 0 Å². The topological polar surface area (TPSA) is 66.5 Å². The van der Waals surface area contributed by atoms with Gasteiger partial charge in [0.2, 0.25) is 0 Å². The van der Waals surface area contributed by atoms with E-state index in [1.54, 1.807) is 6.20 Å². The van der Waals surface area contributed by atoms with Crippen LogP contribution in [0.3, 0.4) is 0 Å². The van der Waals surface area contributed by atoms with Crippen LogP contribution in [0.2, 0.25) is 0 Å². The van der Waals surface area contributed by atoms with Crippen LogP contribution >= 0.6 is 0 Å². The van der Waals surface area contributed by atoms with Crippen LogP contribution in [-0.2, 0) is 6.54 Å². The first kappa shape index (κ1) is 15.8. The fourth-order valence-corrected chi connectivity index (χ4v) is 2.71. The average molecular weight is 317 g/mol. The predicted molar refractivity (Wildman–Crippen MR) is 94.1 cm³/mol. The minimum atomic E-state index is 0.653. The van der Waals surface area contributed by atoms with Gasteiger partial charge >= 0.3 is 0 Å². The molecule has 0 unspecified atom stereocenters. The summed E-state index contributed by atoms with van der Waals surface area (Å²) in [6.07, 6.45) is 3.75. The van der Waals surface area contributed by atoms with Crippen LogP contribution in [0.15, 0.2) is 42.7 Å². The molecule has 2 aromatic heterocycles. The molecule has 1 N–H and O–H groups in total. The number of aryl methyl sites for hydroxylation is 3. The van der Waals surface area contributed by atoms with E-state index < -0.39 is 0 Å². The van der Waals surface area contributed by atoms with Crippen molar-refractivity contribution in [3.8, 4) is 11.8 Å². The minimum absolute atomic E-state index is 0.653. The van der Waals surface area contributed by atoms with E-state index in [1.807, 2.05) is 37.6 Å². The molecule has 5 heteroatoms.